The summed E-state index contributed by atoms with van der Waals surface area (Å²) >= 11 is 1.82. The molecule has 0 fully saturated rings. The van der Waals surface area contributed by atoms with Gasteiger partial charge < -0.3 is 5.32 Å². The fourth-order valence-electron chi connectivity index (χ4n) is 1.78. The van der Waals surface area contributed by atoms with Gasteiger partial charge in [-0.15, -0.1) is 11.3 Å². The second-order valence-corrected chi connectivity index (χ2v) is 5.68. The van der Waals surface area contributed by atoms with Crippen molar-refractivity contribution in [3.8, 4) is 6.07 Å². The Kier molecular flexibility index (Phi) is 3.96. The van der Waals surface area contributed by atoms with Crippen molar-refractivity contribution in [2.45, 2.75) is 26.3 Å². The Hall–Kier alpha value is -1.86. The highest BCUT2D eigenvalue weighted by molar-refractivity contribution is 7.11. The van der Waals surface area contributed by atoms with Gasteiger partial charge in [0.05, 0.1) is 11.6 Å². The van der Waals surface area contributed by atoms with Crippen molar-refractivity contribution in [1.29, 1.82) is 5.26 Å². The maximum atomic E-state index is 8.83. The number of hydrogen-bond acceptors (Lipinski definition) is 4. The Morgan fingerprint density at radius 2 is 2.28 bits per heavy atom. The Balaban J connectivity index is 1.98. The van der Waals surface area contributed by atoms with Crippen LogP contribution in [0.3, 0.4) is 0 Å². The van der Waals surface area contributed by atoms with Crippen LogP contribution in [-0.4, -0.2) is 11.0 Å². The number of thiophene rings is 1. The molecule has 4 heteroatoms. The minimum atomic E-state index is 0.296. The van der Waals surface area contributed by atoms with E-state index in [1.165, 1.54) is 9.75 Å². The van der Waals surface area contributed by atoms with Crippen LogP contribution >= 0.6 is 11.3 Å². The monoisotopic (exact) mass is 257 g/mol. The normalized spacial score (nSPS) is 11.8. The van der Waals surface area contributed by atoms with Crippen LogP contribution in [0.1, 0.15) is 22.2 Å². The van der Waals surface area contributed by atoms with Gasteiger partial charge in [-0.25, -0.2) is 4.98 Å². The molecule has 0 bridgehead atoms. The van der Waals surface area contributed by atoms with Crippen LogP contribution in [0, 0.1) is 18.3 Å². The van der Waals surface area contributed by atoms with Gasteiger partial charge in [-0.2, -0.15) is 5.26 Å². The van der Waals surface area contributed by atoms with Crippen LogP contribution in [0.5, 0.6) is 0 Å². The Morgan fingerprint density at radius 1 is 1.44 bits per heavy atom. The van der Waals surface area contributed by atoms with Crippen molar-refractivity contribution in [2.75, 3.05) is 5.32 Å². The molecule has 18 heavy (non-hydrogen) atoms. The molecule has 2 heterocycles. The highest BCUT2D eigenvalue weighted by atomic mass is 32.1. The van der Waals surface area contributed by atoms with Crippen LogP contribution in [0.2, 0.25) is 0 Å². The van der Waals surface area contributed by atoms with E-state index in [1.807, 2.05) is 11.3 Å². The Bertz CT molecular complexity index is 568. The first-order valence-corrected chi connectivity index (χ1v) is 6.67. The fourth-order valence-corrected chi connectivity index (χ4v) is 2.80. The lowest BCUT2D eigenvalue weighted by molar-refractivity contribution is 0.794. The van der Waals surface area contributed by atoms with Crippen LogP contribution in [0.15, 0.2) is 30.5 Å². The van der Waals surface area contributed by atoms with Crippen LogP contribution in [0.4, 0.5) is 5.82 Å². The molecule has 0 saturated heterocycles. The number of rotatable bonds is 4. The number of nitrogens with zero attached hydrogens (tertiary/aromatic N) is 2. The van der Waals surface area contributed by atoms with Gasteiger partial charge in [0, 0.05) is 28.4 Å². The smallest absolute Gasteiger partial charge is 0.127 e. The first kappa shape index (κ1) is 12.6. The third kappa shape index (κ3) is 3.31. The molecule has 2 rings (SSSR count). The molecule has 1 unspecified atom stereocenters. The molecule has 3 nitrogen and oxygen atoms in total. The van der Waals surface area contributed by atoms with Crippen molar-refractivity contribution in [3.05, 3.63) is 45.8 Å². The summed E-state index contributed by atoms with van der Waals surface area (Å²) in [4.78, 5) is 6.92. The zero-order valence-corrected chi connectivity index (χ0v) is 11.3. The summed E-state index contributed by atoms with van der Waals surface area (Å²) in [5, 5.41) is 12.1. The van der Waals surface area contributed by atoms with E-state index in [0.29, 0.717) is 11.6 Å². The molecule has 1 atom stereocenters. The third-order valence-electron chi connectivity index (χ3n) is 2.59. The Labute approximate surface area is 111 Å². The maximum Gasteiger partial charge on any atom is 0.127 e. The second-order valence-electron chi connectivity index (χ2n) is 4.30. The summed E-state index contributed by atoms with van der Waals surface area (Å²) in [5.41, 5.74) is 0.631. The fraction of sp³-hybridized carbons (Fsp3) is 0.286. The highest BCUT2D eigenvalue weighted by Crippen LogP contribution is 2.18. The number of anilines is 1. The van der Waals surface area contributed by atoms with Gasteiger partial charge in [-0.05, 0) is 38.1 Å². The SMILES string of the molecule is Cc1ccc(CC(C)Nc2cc(C#N)ccn2)s1. The van der Waals surface area contributed by atoms with Crippen molar-refractivity contribution < 1.29 is 0 Å². The molecular weight excluding hydrogens is 242 g/mol. The quantitative estimate of drug-likeness (QED) is 0.913. The van der Waals surface area contributed by atoms with Gasteiger partial charge in [-0.1, -0.05) is 0 Å². The molecule has 2 aromatic heterocycles. The average molecular weight is 257 g/mol. The summed E-state index contributed by atoms with van der Waals surface area (Å²) < 4.78 is 0. The number of aromatic nitrogens is 1. The molecule has 92 valence electrons. The molecule has 0 spiro atoms. The molecule has 0 aliphatic carbocycles. The molecule has 1 N–H and O–H groups in total. The van der Waals surface area contributed by atoms with Gasteiger partial charge >= 0.3 is 0 Å². The molecule has 0 amide bonds. The molecule has 0 aliphatic heterocycles. The lowest BCUT2D eigenvalue weighted by Gasteiger charge is -2.13. The minimum Gasteiger partial charge on any atom is -0.367 e. The van der Waals surface area contributed by atoms with E-state index in [0.717, 1.165) is 12.2 Å². The molecule has 0 saturated carbocycles. The van der Waals surface area contributed by atoms with Crippen LogP contribution in [-0.2, 0) is 6.42 Å². The molecule has 0 aliphatic rings. The van der Waals surface area contributed by atoms with Crippen LogP contribution < -0.4 is 5.32 Å². The van der Waals surface area contributed by atoms with E-state index >= 15 is 0 Å². The van der Waals surface area contributed by atoms with Gasteiger partial charge in [0.2, 0.25) is 0 Å². The predicted octanol–water partition coefficient (Wildman–Crippen LogP) is 3.37. The first-order chi connectivity index (χ1) is 8.67. The van der Waals surface area contributed by atoms with Crippen molar-refractivity contribution in [2.24, 2.45) is 0 Å². The summed E-state index contributed by atoms with van der Waals surface area (Å²) in [7, 11) is 0. The van der Waals surface area contributed by atoms with E-state index in [2.05, 4.69) is 42.4 Å². The number of nitrogens with one attached hydrogen (secondary N) is 1. The standard InChI is InChI=1S/C14H15N3S/c1-10(7-13-4-3-11(2)18-13)17-14-8-12(9-15)5-6-16-14/h3-6,8,10H,7H2,1-2H3,(H,16,17). The van der Waals surface area contributed by atoms with Crippen molar-refractivity contribution >= 4 is 17.2 Å². The molecule has 0 aromatic carbocycles. The maximum absolute atomic E-state index is 8.83. The summed E-state index contributed by atoms with van der Waals surface area (Å²) in [6.45, 7) is 4.24. The molecule has 2 aromatic rings. The average Bonchev–Trinajstić information content (AvgIpc) is 2.74. The van der Waals surface area contributed by atoms with Crippen LogP contribution in [0.25, 0.3) is 0 Å². The van der Waals surface area contributed by atoms with Gasteiger partial charge in [-0.3, -0.25) is 0 Å². The van der Waals surface area contributed by atoms with Gasteiger partial charge in [0.25, 0.3) is 0 Å². The topological polar surface area (TPSA) is 48.7 Å². The lowest BCUT2D eigenvalue weighted by Crippen LogP contribution is -2.18. The lowest BCUT2D eigenvalue weighted by atomic mass is 10.2. The van der Waals surface area contributed by atoms with Gasteiger partial charge in [0.1, 0.15) is 5.82 Å². The molecule has 0 radical (unpaired) electrons. The zero-order valence-electron chi connectivity index (χ0n) is 10.5. The van der Waals surface area contributed by atoms with E-state index < -0.39 is 0 Å². The summed E-state index contributed by atoms with van der Waals surface area (Å²) in [6, 6.07) is 10.2. The van der Waals surface area contributed by atoms with Crippen molar-refractivity contribution in [1.82, 2.24) is 4.98 Å². The van der Waals surface area contributed by atoms with Gasteiger partial charge in [0.15, 0.2) is 0 Å². The predicted molar refractivity (Wildman–Crippen MR) is 74.8 cm³/mol. The number of hydrogen-bond donors (Lipinski definition) is 1. The second kappa shape index (κ2) is 5.65. The number of nitriles is 1. The minimum absolute atomic E-state index is 0.296. The summed E-state index contributed by atoms with van der Waals surface area (Å²) in [6.07, 6.45) is 2.62. The summed E-state index contributed by atoms with van der Waals surface area (Å²) in [5.74, 6) is 0.759. The van der Waals surface area contributed by atoms with E-state index in [1.54, 1.807) is 18.3 Å². The van der Waals surface area contributed by atoms with E-state index in [9.17, 15) is 0 Å². The van der Waals surface area contributed by atoms with E-state index in [-0.39, 0.29) is 0 Å². The van der Waals surface area contributed by atoms with Crippen molar-refractivity contribution in [3.63, 3.8) is 0 Å². The highest BCUT2D eigenvalue weighted by Gasteiger charge is 2.06. The largest absolute Gasteiger partial charge is 0.367 e. The number of aryl methyl sites for hydroxylation is 1. The number of pyridine rings is 1. The first-order valence-electron chi connectivity index (χ1n) is 5.85. The molecular formula is C14H15N3S. The zero-order chi connectivity index (χ0) is 13.0. The van der Waals surface area contributed by atoms with E-state index in [4.69, 9.17) is 5.26 Å². The third-order valence-corrected chi connectivity index (χ3v) is 3.61. The Morgan fingerprint density at radius 3 is 2.94 bits per heavy atom.